The molecule has 3 aromatic rings. The van der Waals surface area contributed by atoms with Crippen LogP contribution in [0.2, 0.25) is 0 Å². The summed E-state index contributed by atoms with van der Waals surface area (Å²) in [5.74, 6) is 1.39. The Bertz CT molecular complexity index is 1240. The van der Waals surface area contributed by atoms with E-state index in [0.29, 0.717) is 12.2 Å². The fourth-order valence-electron chi connectivity index (χ4n) is 5.05. The number of aromatic nitrogens is 1. The van der Waals surface area contributed by atoms with E-state index in [4.69, 9.17) is 9.47 Å². The van der Waals surface area contributed by atoms with Crippen LogP contribution in [-0.4, -0.2) is 25.0 Å². The largest absolute Gasteiger partial charge is 0.497 e. The second-order valence-electron chi connectivity index (χ2n) is 9.10. The molecule has 0 radical (unpaired) electrons. The summed E-state index contributed by atoms with van der Waals surface area (Å²) in [4.78, 5) is 18.1. The number of fused-ring (bicyclic) bond motifs is 3. The topological polar surface area (TPSA) is 60.5 Å². The van der Waals surface area contributed by atoms with Gasteiger partial charge in [-0.2, -0.15) is 0 Å². The van der Waals surface area contributed by atoms with Gasteiger partial charge in [0.1, 0.15) is 11.5 Å². The number of methoxy groups -OCH3 is 2. The molecule has 5 nitrogen and oxygen atoms in total. The zero-order valence-electron chi connectivity index (χ0n) is 18.3. The summed E-state index contributed by atoms with van der Waals surface area (Å²) < 4.78 is 11.2. The first-order chi connectivity index (χ1) is 14.9. The van der Waals surface area contributed by atoms with Crippen LogP contribution in [0.3, 0.4) is 0 Å². The van der Waals surface area contributed by atoms with Gasteiger partial charge in [0.15, 0.2) is 5.78 Å². The number of nitrogens with zero attached hydrogens (tertiary/aromatic N) is 1. The second-order valence-corrected chi connectivity index (χ2v) is 9.10. The molecule has 0 amide bonds. The van der Waals surface area contributed by atoms with Gasteiger partial charge in [0, 0.05) is 52.5 Å². The van der Waals surface area contributed by atoms with Gasteiger partial charge in [-0.25, -0.2) is 0 Å². The number of Topliss-reactive ketones (excluding diaryl/α,β-unsaturated/α-hetero) is 1. The number of carbonyl (C=O) groups is 1. The van der Waals surface area contributed by atoms with Gasteiger partial charge in [0.05, 0.1) is 19.7 Å². The lowest BCUT2D eigenvalue weighted by Crippen LogP contribution is -2.34. The molecule has 31 heavy (non-hydrogen) atoms. The van der Waals surface area contributed by atoms with Gasteiger partial charge in [-0.15, -0.1) is 0 Å². The number of ketones is 1. The molecular weight excluding hydrogens is 388 g/mol. The summed E-state index contributed by atoms with van der Waals surface area (Å²) in [5, 5.41) is 4.64. The minimum absolute atomic E-state index is 0.0760. The number of pyridine rings is 1. The van der Waals surface area contributed by atoms with E-state index in [0.717, 1.165) is 51.2 Å². The van der Waals surface area contributed by atoms with E-state index in [-0.39, 0.29) is 17.1 Å². The molecule has 2 heterocycles. The molecule has 2 aliphatic rings. The third kappa shape index (κ3) is 3.16. The van der Waals surface area contributed by atoms with Gasteiger partial charge >= 0.3 is 0 Å². The molecule has 158 valence electrons. The van der Waals surface area contributed by atoms with Gasteiger partial charge in [-0.05, 0) is 41.7 Å². The zero-order valence-corrected chi connectivity index (χ0v) is 18.3. The fourth-order valence-corrected chi connectivity index (χ4v) is 5.05. The number of hydrogen-bond acceptors (Lipinski definition) is 5. The summed E-state index contributed by atoms with van der Waals surface area (Å²) >= 11 is 0. The van der Waals surface area contributed by atoms with Crippen molar-refractivity contribution in [3.63, 3.8) is 0 Å². The quantitative estimate of drug-likeness (QED) is 0.617. The molecule has 0 saturated carbocycles. The van der Waals surface area contributed by atoms with Gasteiger partial charge in [-0.1, -0.05) is 26.0 Å². The number of carbonyl (C=O) groups excluding carboxylic acids is 1. The monoisotopic (exact) mass is 414 g/mol. The Balaban J connectivity index is 1.83. The average molecular weight is 415 g/mol. The lowest BCUT2D eigenvalue weighted by molar-refractivity contribution is -0.118. The van der Waals surface area contributed by atoms with Crippen molar-refractivity contribution in [3.8, 4) is 11.5 Å². The first kappa shape index (κ1) is 19.6. The molecule has 0 unspecified atom stereocenters. The van der Waals surface area contributed by atoms with Crippen molar-refractivity contribution in [2.45, 2.75) is 32.6 Å². The number of hydrogen-bond donors (Lipinski definition) is 1. The van der Waals surface area contributed by atoms with Gasteiger partial charge < -0.3 is 14.8 Å². The number of ether oxygens (including phenoxy) is 2. The molecule has 5 heteroatoms. The average Bonchev–Trinajstić information content (AvgIpc) is 2.76. The van der Waals surface area contributed by atoms with Crippen molar-refractivity contribution in [3.05, 3.63) is 71.1 Å². The third-order valence-corrected chi connectivity index (χ3v) is 6.36. The van der Waals surface area contributed by atoms with E-state index in [9.17, 15) is 4.79 Å². The molecule has 2 aromatic carbocycles. The molecule has 1 aromatic heterocycles. The molecule has 5 rings (SSSR count). The smallest absolute Gasteiger partial charge is 0.162 e. The molecule has 1 aliphatic heterocycles. The van der Waals surface area contributed by atoms with Crippen LogP contribution in [0.25, 0.3) is 10.9 Å². The maximum atomic E-state index is 13.5. The highest BCUT2D eigenvalue weighted by molar-refractivity contribution is 6.04. The predicted molar refractivity (Wildman–Crippen MR) is 122 cm³/mol. The molecule has 1 atom stereocenters. The Kier molecular flexibility index (Phi) is 4.50. The van der Waals surface area contributed by atoms with E-state index >= 15 is 0 Å². The first-order valence-corrected chi connectivity index (χ1v) is 10.5. The molecule has 1 N–H and O–H groups in total. The molecule has 0 spiro atoms. The van der Waals surface area contributed by atoms with Crippen LogP contribution in [0.5, 0.6) is 11.5 Å². The standard InChI is InChI=1S/C26H26N2O3/c1-26(2)13-20-25(21(29)14-26)24(17-8-7-15(30-3)12-22(17)31-4)23-16-6-5-11-27-18(16)9-10-19(23)28-20/h5-12,24,28H,13-14H2,1-4H3/t24-/m1/s1. The van der Waals surface area contributed by atoms with Crippen LogP contribution in [0.1, 0.15) is 43.7 Å². The highest BCUT2D eigenvalue weighted by Gasteiger charge is 2.42. The summed E-state index contributed by atoms with van der Waals surface area (Å²) in [5.41, 5.74) is 5.74. The van der Waals surface area contributed by atoms with Crippen LogP contribution in [-0.2, 0) is 4.79 Å². The van der Waals surface area contributed by atoms with Crippen molar-refractivity contribution < 1.29 is 14.3 Å². The lowest BCUT2D eigenvalue weighted by atomic mass is 9.68. The Hall–Kier alpha value is -3.34. The van der Waals surface area contributed by atoms with E-state index in [1.54, 1.807) is 20.4 Å². The number of anilines is 1. The van der Waals surface area contributed by atoms with Crippen LogP contribution in [0.4, 0.5) is 5.69 Å². The van der Waals surface area contributed by atoms with Crippen molar-refractivity contribution >= 4 is 22.4 Å². The molecule has 1 aliphatic carbocycles. The second kappa shape index (κ2) is 7.12. The maximum absolute atomic E-state index is 13.5. The van der Waals surface area contributed by atoms with Crippen molar-refractivity contribution in [2.75, 3.05) is 19.5 Å². The van der Waals surface area contributed by atoms with Crippen molar-refractivity contribution in [2.24, 2.45) is 5.41 Å². The predicted octanol–water partition coefficient (Wildman–Crippen LogP) is 5.45. The van der Waals surface area contributed by atoms with Crippen molar-refractivity contribution in [1.29, 1.82) is 0 Å². The zero-order chi connectivity index (χ0) is 21.8. The fraction of sp³-hybridized carbons (Fsp3) is 0.308. The Morgan fingerprint density at radius 3 is 2.68 bits per heavy atom. The van der Waals surface area contributed by atoms with Crippen LogP contribution < -0.4 is 14.8 Å². The Morgan fingerprint density at radius 1 is 1.06 bits per heavy atom. The number of benzene rings is 2. The number of nitrogens with one attached hydrogen (secondary N) is 1. The SMILES string of the molecule is COc1ccc([C@H]2C3=C(CC(C)(C)CC3=O)Nc3ccc4ncccc4c32)c(OC)c1. The van der Waals surface area contributed by atoms with E-state index in [1.807, 2.05) is 30.3 Å². The summed E-state index contributed by atoms with van der Waals surface area (Å²) in [6, 6.07) is 14.0. The summed E-state index contributed by atoms with van der Waals surface area (Å²) in [6.45, 7) is 4.30. The van der Waals surface area contributed by atoms with Gasteiger partial charge in [0.2, 0.25) is 0 Å². The molecular formula is C26H26N2O3. The van der Waals surface area contributed by atoms with Crippen LogP contribution >= 0.6 is 0 Å². The Morgan fingerprint density at radius 2 is 1.90 bits per heavy atom. The minimum atomic E-state index is -0.233. The normalized spacial score (nSPS) is 19.5. The van der Waals surface area contributed by atoms with Crippen LogP contribution in [0, 0.1) is 5.41 Å². The van der Waals surface area contributed by atoms with E-state index in [2.05, 4.69) is 36.3 Å². The van der Waals surface area contributed by atoms with E-state index < -0.39 is 0 Å². The summed E-state index contributed by atoms with van der Waals surface area (Å²) in [7, 11) is 3.30. The van der Waals surface area contributed by atoms with E-state index in [1.165, 1.54) is 0 Å². The molecule has 0 fully saturated rings. The molecule has 0 saturated heterocycles. The number of allylic oxidation sites excluding steroid dienone is 2. The Labute approximate surface area is 182 Å². The summed E-state index contributed by atoms with van der Waals surface area (Å²) in [6.07, 6.45) is 3.15. The van der Waals surface area contributed by atoms with Gasteiger partial charge in [0.25, 0.3) is 0 Å². The highest BCUT2D eigenvalue weighted by Crippen LogP contribution is 2.52. The molecule has 0 bridgehead atoms. The number of rotatable bonds is 3. The first-order valence-electron chi connectivity index (χ1n) is 10.5. The van der Waals surface area contributed by atoms with Crippen molar-refractivity contribution in [1.82, 2.24) is 4.98 Å². The lowest BCUT2D eigenvalue weighted by Gasteiger charge is -2.40. The third-order valence-electron chi connectivity index (χ3n) is 6.36. The van der Waals surface area contributed by atoms with Crippen LogP contribution in [0.15, 0.2) is 59.9 Å². The highest BCUT2D eigenvalue weighted by atomic mass is 16.5. The maximum Gasteiger partial charge on any atom is 0.162 e. The minimum Gasteiger partial charge on any atom is -0.497 e. The van der Waals surface area contributed by atoms with Gasteiger partial charge in [-0.3, -0.25) is 9.78 Å².